The Kier molecular flexibility index (Phi) is 4.33. The average Bonchev–Trinajstić information content (AvgIpc) is 2.34. The predicted octanol–water partition coefficient (Wildman–Crippen LogP) is 1.02. The van der Waals surface area contributed by atoms with Crippen LogP contribution in [0.4, 0.5) is 0 Å². The second kappa shape index (κ2) is 5.74. The number of nitrogens with zero attached hydrogens (tertiary/aromatic N) is 1. The normalized spacial score (nSPS) is 10.3. The first-order valence-corrected chi connectivity index (χ1v) is 4.80. The van der Waals surface area contributed by atoms with Crippen molar-refractivity contribution >= 4 is 12.2 Å². The molecule has 0 aromatic heterocycles. The first-order chi connectivity index (χ1) is 8.12. The van der Waals surface area contributed by atoms with E-state index in [1.807, 2.05) is 0 Å². The molecular formula is C11H15N3O3. The van der Waals surface area contributed by atoms with Gasteiger partial charge < -0.3 is 19.9 Å². The van der Waals surface area contributed by atoms with Crippen molar-refractivity contribution in [3.05, 3.63) is 17.7 Å². The van der Waals surface area contributed by atoms with Crippen LogP contribution in [0.15, 0.2) is 17.1 Å². The molecule has 1 aromatic carbocycles. The number of guanidine groups is 1. The molecule has 0 aliphatic heterocycles. The number of hydrogen-bond acceptors (Lipinski definition) is 4. The fraction of sp³-hybridized carbons (Fsp3) is 0.273. The number of nitrogens with one attached hydrogen (secondary N) is 1. The van der Waals surface area contributed by atoms with Crippen LogP contribution >= 0.6 is 0 Å². The van der Waals surface area contributed by atoms with Gasteiger partial charge in [0.2, 0.25) is 11.7 Å². The molecule has 1 rings (SSSR count). The third-order valence-electron chi connectivity index (χ3n) is 2.04. The summed E-state index contributed by atoms with van der Waals surface area (Å²) in [5.41, 5.74) is 5.84. The molecule has 0 bridgehead atoms. The van der Waals surface area contributed by atoms with E-state index in [2.05, 4.69) is 4.99 Å². The van der Waals surface area contributed by atoms with Crippen molar-refractivity contribution in [2.24, 2.45) is 10.7 Å². The fourth-order valence-electron chi connectivity index (χ4n) is 1.32. The maximum Gasteiger partial charge on any atom is 0.212 e. The summed E-state index contributed by atoms with van der Waals surface area (Å²) in [6.07, 6.45) is 1.45. The van der Waals surface area contributed by atoms with E-state index in [0.717, 1.165) is 0 Å². The van der Waals surface area contributed by atoms with Crippen LogP contribution < -0.4 is 19.9 Å². The highest BCUT2D eigenvalue weighted by molar-refractivity contribution is 5.92. The number of ether oxygens (including phenoxy) is 3. The summed E-state index contributed by atoms with van der Waals surface area (Å²) >= 11 is 0. The molecule has 0 unspecified atom stereocenters. The van der Waals surface area contributed by atoms with Crippen molar-refractivity contribution in [1.29, 1.82) is 5.41 Å². The lowest BCUT2D eigenvalue weighted by molar-refractivity contribution is 0.324. The van der Waals surface area contributed by atoms with Gasteiger partial charge in [-0.25, -0.2) is 4.99 Å². The van der Waals surface area contributed by atoms with E-state index in [1.54, 1.807) is 12.1 Å². The SMILES string of the molecule is COc1cc(C=NC(=N)N)cc(OC)c1OC. The first kappa shape index (κ1) is 12.8. The monoisotopic (exact) mass is 237 g/mol. The lowest BCUT2D eigenvalue weighted by Gasteiger charge is -2.12. The standard InChI is InChI=1S/C11H15N3O3/c1-15-8-4-7(6-14-11(12)13)5-9(16-2)10(8)17-3/h4-6H,1-3H3,(H3,12,13). The molecule has 1 aromatic rings. The quantitative estimate of drug-likeness (QED) is 0.604. The molecular weight excluding hydrogens is 222 g/mol. The molecule has 0 spiro atoms. The molecule has 0 aliphatic carbocycles. The maximum absolute atomic E-state index is 7.01. The molecule has 17 heavy (non-hydrogen) atoms. The lowest BCUT2D eigenvalue weighted by Crippen LogP contribution is -2.05. The molecule has 6 heteroatoms. The smallest absolute Gasteiger partial charge is 0.212 e. The summed E-state index contributed by atoms with van der Waals surface area (Å²) in [5.74, 6) is 1.29. The summed E-state index contributed by atoms with van der Waals surface area (Å²) in [6, 6.07) is 3.43. The molecule has 0 aliphatic rings. The highest BCUT2D eigenvalue weighted by Gasteiger charge is 2.12. The van der Waals surface area contributed by atoms with Gasteiger partial charge >= 0.3 is 0 Å². The molecule has 0 radical (unpaired) electrons. The highest BCUT2D eigenvalue weighted by atomic mass is 16.5. The van der Waals surface area contributed by atoms with E-state index in [1.165, 1.54) is 27.5 Å². The van der Waals surface area contributed by atoms with Crippen LogP contribution in [0.5, 0.6) is 17.2 Å². The topological polar surface area (TPSA) is 89.9 Å². The zero-order valence-electron chi connectivity index (χ0n) is 9.98. The Labute approximate surface area is 99.5 Å². The molecule has 0 atom stereocenters. The van der Waals surface area contributed by atoms with Gasteiger partial charge in [-0.15, -0.1) is 0 Å². The molecule has 0 heterocycles. The molecule has 92 valence electrons. The summed E-state index contributed by atoms with van der Waals surface area (Å²) in [6.45, 7) is 0. The van der Waals surface area contributed by atoms with E-state index in [4.69, 9.17) is 25.4 Å². The van der Waals surface area contributed by atoms with Gasteiger partial charge in [-0.3, -0.25) is 5.41 Å². The zero-order chi connectivity index (χ0) is 12.8. The van der Waals surface area contributed by atoms with Crippen molar-refractivity contribution in [3.63, 3.8) is 0 Å². The summed E-state index contributed by atoms with van der Waals surface area (Å²) in [7, 11) is 4.59. The number of aliphatic imine (C=N–C) groups is 1. The Morgan fingerprint density at radius 1 is 1.18 bits per heavy atom. The predicted molar refractivity (Wildman–Crippen MR) is 65.6 cm³/mol. The number of nitrogens with two attached hydrogens (primary N) is 1. The molecule has 0 saturated carbocycles. The van der Waals surface area contributed by atoms with Crippen molar-refractivity contribution in [3.8, 4) is 17.2 Å². The maximum atomic E-state index is 7.01. The second-order valence-electron chi connectivity index (χ2n) is 3.10. The van der Waals surface area contributed by atoms with Crippen LogP contribution in [-0.4, -0.2) is 33.5 Å². The number of methoxy groups -OCH3 is 3. The summed E-state index contributed by atoms with van der Waals surface area (Å²) < 4.78 is 15.5. The van der Waals surface area contributed by atoms with Crippen molar-refractivity contribution < 1.29 is 14.2 Å². The van der Waals surface area contributed by atoms with Crippen molar-refractivity contribution in [2.45, 2.75) is 0 Å². The van der Waals surface area contributed by atoms with Gasteiger partial charge in [0.25, 0.3) is 0 Å². The number of benzene rings is 1. The van der Waals surface area contributed by atoms with Gasteiger partial charge in [0.1, 0.15) is 0 Å². The fourth-order valence-corrected chi connectivity index (χ4v) is 1.32. The van der Waals surface area contributed by atoms with E-state index in [9.17, 15) is 0 Å². The first-order valence-electron chi connectivity index (χ1n) is 4.80. The Balaban J connectivity index is 3.22. The van der Waals surface area contributed by atoms with Crippen LogP contribution in [0.1, 0.15) is 5.56 Å². The minimum atomic E-state index is -0.265. The zero-order valence-corrected chi connectivity index (χ0v) is 9.98. The minimum absolute atomic E-state index is 0.265. The Morgan fingerprint density at radius 3 is 2.06 bits per heavy atom. The highest BCUT2D eigenvalue weighted by Crippen LogP contribution is 2.37. The third kappa shape index (κ3) is 3.10. The number of rotatable bonds is 4. The van der Waals surface area contributed by atoms with Gasteiger partial charge in [-0.2, -0.15) is 0 Å². The third-order valence-corrected chi connectivity index (χ3v) is 2.04. The van der Waals surface area contributed by atoms with Crippen LogP contribution in [0, 0.1) is 5.41 Å². The Morgan fingerprint density at radius 2 is 1.71 bits per heavy atom. The van der Waals surface area contributed by atoms with E-state index < -0.39 is 0 Å². The second-order valence-corrected chi connectivity index (χ2v) is 3.10. The lowest BCUT2D eigenvalue weighted by atomic mass is 10.2. The molecule has 0 fully saturated rings. The largest absolute Gasteiger partial charge is 0.493 e. The van der Waals surface area contributed by atoms with Crippen molar-refractivity contribution in [2.75, 3.05) is 21.3 Å². The van der Waals surface area contributed by atoms with E-state index in [0.29, 0.717) is 22.8 Å². The van der Waals surface area contributed by atoms with Gasteiger partial charge in [-0.1, -0.05) is 0 Å². The number of hydrogen-bond donors (Lipinski definition) is 2. The van der Waals surface area contributed by atoms with Crippen molar-refractivity contribution in [1.82, 2.24) is 0 Å². The van der Waals surface area contributed by atoms with Crippen LogP contribution in [0.3, 0.4) is 0 Å². The van der Waals surface area contributed by atoms with Gasteiger partial charge in [-0.05, 0) is 12.1 Å². The average molecular weight is 237 g/mol. The Hall–Kier alpha value is -2.24. The van der Waals surface area contributed by atoms with Crippen LogP contribution in [0.25, 0.3) is 0 Å². The minimum Gasteiger partial charge on any atom is -0.493 e. The molecule has 6 nitrogen and oxygen atoms in total. The van der Waals surface area contributed by atoms with E-state index in [-0.39, 0.29) is 5.96 Å². The van der Waals surface area contributed by atoms with Crippen LogP contribution in [-0.2, 0) is 0 Å². The molecule has 3 N–H and O–H groups in total. The Bertz CT molecular complexity index is 419. The van der Waals surface area contributed by atoms with Crippen LogP contribution in [0.2, 0.25) is 0 Å². The summed E-state index contributed by atoms with van der Waals surface area (Å²) in [4.78, 5) is 3.69. The molecule has 0 saturated heterocycles. The van der Waals surface area contributed by atoms with Gasteiger partial charge in [0.15, 0.2) is 11.5 Å². The van der Waals surface area contributed by atoms with Gasteiger partial charge in [0.05, 0.1) is 21.3 Å². The van der Waals surface area contributed by atoms with E-state index >= 15 is 0 Å². The summed E-state index contributed by atoms with van der Waals surface area (Å²) in [5, 5.41) is 7.01. The van der Waals surface area contributed by atoms with Gasteiger partial charge in [0, 0.05) is 11.8 Å². The molecule has 0 amide bonds.